The van der Waals surface area contributed by atoms with Gasteiger partial charge in [-0.1, -0.05) is 6.92 Å². The highest BCUT2D eigenvalue weighted by Crippen LogP contribution is 2.50. The molecule has 3 rings (SSSR count). The Morgan fingerprint density at radius 3 is 2.07 bits per heavy atom. The van der Waals surface area contributed by atoms with Crippen LogP contribution in [-0.4, -0.2) is 29.8 Å². The Balaban J connectivity index is 1.44. The number of rotatable bonds is 3. The number of ether oxygens (including phenoxy) is 2. The standard InChI is InChI=1S/C23H39NO4/c1-15-10-16-12-17(11-15)14-23(5,13-16)20(25)27-19-8-6-18(7-9-19)24-21(26)28-22(2,3)4/h15-19H,6-14H2,1-5H3,(H,24,26). The lowest BCUT2D eigenvalue weighted by Gasteiger charge is -2.46. The normalized spacial score (nSPS) is 38.4. The molecule has 3 fully saturated rings. The third-order valence-corrected chi connectivity index (χ3v) is 6.78. The summed E-state index contributed by atoms with van der Waals surface area (Å²) in [6.07, 6.45) is 8.72. The summed E-state index contributed by atoms with van der Waals surface area (Å²) < 4.78 is 11.3. The van der Waals surface area contributed by atoms with Crippen LogP contribution in [0.25, 0.3) is 0 Å². The Morgan fingerprint density at radius 2 is 1.54 bits per heavy atom. The van der Waals surface area contributed by atoms with Crippen LogP contribution in [0.1, 0.15) is 92.4 Å². The lowest BCUT2D eigenvalue weighted by molar-refractivity contribution is -0.168. The first-order valence-electron chi connectivity index (χ1n) is 11.2. The van der Waals surface area contributed by atoms with Crippen molar-refractivity contribution in [3.05, 3.63) is 0 Å². The Labute approximate surface area is 170 Å². The van der Waals surface area contributed by atoms with E-state index in [1.54, 1.807) is 0 Å². The lowest BCUT2D eigenvalue weighted by Crippen LogP contribution is -2.44. The highest BCUT2D eigenvalue weighted by atomic mass is 16.6. The molecule has 0 radical (unpaired) electrons. The summed E-state index contributed by atoms with van der Waals surface area (Å²) in [6.45, 7) is 10.1. The molecule has 3 aliphatic rings. The molecule has 2 atom stereocenters. The van der Waals surface area contributed by atoms with E-state index in [0.717, 1.165) is 44.4 Å². The van der Waals surface area contributed by atoms with Crippen molar-refractivity contribution in [2.75, 3.05) is 0 Å². The van der Waals surface area contributed by atoms with E-state index in [2.05, 4.69) is 19.2 Å². The number of hydrogen-bond donors (Lipinski definition) is 1. The number of esters is 1. The van der Waals surface area contributed by atoms with Gasteiger partial charge >= 0.3 is 12.1 Å². The molecule has 0 aromatic carbocycles. The number of amides is 1. The largest absolute Gasteiger partial charge is 0.462 e. The molecular formula is C23H39NO4. The number of alkyl carbamates (subject to hydrolysis) is 1. The molecule has 1 N–H and O–H groups in total. The van der Waals surface area contributed by atoms with Crippen LogP contribution >= 0.6 is 0 Å². The quantitative estimate of drug-likeness (QED) is 0.668. The Hall–Kier alpha value is -1.26. The second kappa shape index (κ2) is 8.23. The van der Waals surface area contributed by atoms with Gasteiger partial charge in [-0.2, -0.15) is 0 Å². The minimum absolute atomic E-state index is 0.0123. The third kappa shape index (κ3) is 5.64. The molecule has 28 heavy (non-hydrogen) atoms. The molecule has 2 unspecified atom stereocenters. The number of carbonyl (C=O) groups excluding carboxylic acids is 2. The topological polar surface area (TPSA) is 64.6 Å². The summed E-state index contributed by atoms with van der Waals surface area (Å²) in [6, 6.07) is 0.107. The van der Waals surface area contributed by atoms with Crippen molar-refractivity contribution in [3.63, 3.8) is 0 Å². The zero-order valence-corrected chi connectivity index (χ0v) is 18.4. The van der Waals surface area contributed by atoms with Crippen LogP contribution in [0.4, 0.5) is 4.79 Å². The summed E-state index contributed by atoms with van der Waals surface area (Å²) in [4.78, 5) is 24.9. The molecule has 0 aliphatic heterocycles. The Kier molecular flexibility index (Phi) is 6.31. The van der Waals surface area contributed by atoms with Gasteiger partial charge < -0.3 is 14.8 Å². The number of hydrogen-bond acceptors (Lipinski definition) is 4. The van der Waals surface area contributed by atoms with Crippen molar-refractivity contribution in [3.8, 4) is 0 Å². The maximum Gasteiger partial charge on any atom is 0.407 e. The van der Waals surface area contributed by atoms with Crippen LogP contribution < -0.4 is 5.32 Å². The van der Waals surface area contributed by atoms with Crippen molar-refractivity contribution in [2.24, 2.45) is 23.2 Å². The predicted octanol–water partition coefficient (Wildman–Crippen LogP) is 5.22. The molecule has 2 bridgehead atoms. The summed E-state index contributed by atoms with van der Waals surface area (Å²) in [7, 11) is 0. The predicted molar refractivity (Wildman–Crippen MR) is 109 cm³/mol. The van der Waals surface area contributed by atoms with E-state index in [1.165, 1.54) is 19.3 Å². The minimum Gasteiger partial charge on any atom is -0.462 e. The Morgan fingerprint density at radius 1 is 0.964 bits per heavy atom. The molecule has 0 aromatic heterocycles. The number of carbonyl (C=O) groups is 2. The van der Waals surface area contributed by atoms with Crippen molar-refractivity contribution in [2.45, 2.75) is 110 Å². The summed E-state index contributed by atoms with van der Waals surface area (Å²) in [5, 5.41) is 2.95. The maximum absolute atomic E-state index is 13.0. The van der Waals surface area contributed by atoms with Crippen LogP contribution in [0, 0.1) is 23.2 Å². The maximum atomic E-state index is 13.0. The minimum atomic E-state index is -0.484. The molecule has 0 aromatic rings. The zero-order valence-electron chi connectivity index (χ0n) is 18.4. The lowest BCUT2D eigenvalue weighted by atomic mass is 9.59. The van der Waals surface area contributed by atoms with Gasteiger partial charge in [0.2, 0.25) is 0 Å². The monoisotopic (exact) mass is 393 g/mol. The van der Waals surface area contributed by atoms with E-state index in [1.807, 2.05) is 20.8 Å². The van der Waals surface area contributed by atoms with Gasteiger partial charge in [-0.05, 0) is 103 Å². The molecule has 3 aliphatic carbocycles. The van der Waals surface area contributed by atoms with Crippen LogP contribution in [-0.2, 0) is 14.3 Å². The van der Waals surface area contributed by atoms with Gasteiger partial charge in [-0.15, -0.1) is 0 Å². The number of nitrogens with one attached hydrogen (secondary N) is 1. The highest BCUT2D eigenvalue weighted by Gasteiger charge is 2.46. The molecule has 0 heterocycles. The van der Waals surface area contributed by atoms with Crippen LogP contribution in [0.3, 0.4) is 0 Å². The average Bonchev–Trinajstić information content (AvgIpc) is 2.53. The third-order valence-electron chi connectivity index (χ3n) is 6.78. The summed E-state index contributed by atoms with van der Waals surface area (Å²) in [5.74, 6) is 2.19. The zero-order chi connectivity index (χ0) is 20.5. The van der Waals surface area contributed by atoms with E-state index in [4.69, 9.17) is 9.47 Å². The molecule has 5 heteroatoms. The van der Waals surface area contributed by atoms with Crippen molar-refractivity contribution in [1.82, 2.24) is 5.32 Å². The average molecular weight is 394 g/mol. The van der Waals surface area contributed by atoms with Crippen molar-refractivity contribution < 1.29 is 19.1 Å². The SMILES string of the molecule is CC1CC2CC(C1)CC(C)(C(=O)OC1CCC(NC(=O)OC(C)(C)C)CC1)C2. The first-order valence-corrected chi connectivity index (χ1v) is 11.2. The highest BCUT2D eigenvalue weighted by molar-refractivity contribution is 5.76. The molecular weight excluding hydrogens is 354 g/mol. The van der Waals surface area contributed by atoms with E-state index in [-0.39, 0.29) is 29.6 Å². The molecule has 0 spiro atoms. The smallest absolute Gasteiger partial charge is 0.407 e. The van der Waals surface area contributed by atoms with Gasteiger partial charge in [-0.3, -0.25) is 4.79 Å². The van der Waals surface area contributed by atoms with E-state index >= 15 is 0 Å². The second-order valence-corrected chi connectivity index (χ2v) is 11.0. The van der Waals surface area contributed by atoms with E-state index in [0.29, 0.717) is 11.8 Å². The van der Waals surface area contributed by atoms with Crippen molar-refractivity contribution >= 4 is 12.1 Å². The second-order valence-electron chi connectivity index (χ2n) is 11.0. The molecule has 1 amide bonds. The van der Waals surface area contributed by atoms with Gasteiger partial charge in [0.15, 0.2) is 0 Å². The fourth-order valence-corrected chi connectivity index (χ4v) is 5.85. The molecule has 3 saturated carbocycles. The van der Waals surface area contributed by atoms with Gasteiger partial charge in [-0.25, -0.2) is 4.79 Å². The van der Waals surface area contributed by atoms with Gasteiger partial charge in [0.1, 0.15) is 11.7 Å². The molecule has 160 valence electrons. The first kappa shape index (κ1) is 21.4. The van der Waals surface area contributed by atoms with Crippen LogP contribution in [0.5, 0.6) is 0 Å². The molecule has 5 nitrogen and oxygen atoms in total. The van der Waals surface area contributed by atoms with Crippen LogP contribution in [0.2, 0.25) is 0 Å². The Bertz CT molecular complexity index is 556. The fourth-order valence-electron chi connectivity index (χ4n) is 5.85. The van der Waals surface area contributed by atoms with Gasteiger partial charge in [0.25, 0.3) is 0 Å². The van der Waals surface area contributed by atoms with Gasteiger partial charge in [0, 0.05) is 6.04 Å². The molecule has 0 saturated heterocycles. The van der Waals surface area contributed by atoms with E-state index in [9.17, 15) is 9.59 Å². The van der Waals surface area contributed by atoms with Crippen molar-refractivity contribution in [1.29, 1.82) is 0 Å². The van der Waals surface area contributed by atoms with Crippen LogP contribution in [0.15, 0.2) is 0 Å². The first-order chi connectivity index (χ1) is 13.0. The number of fused-ring (bicyclic) bond motifs is 2. The summed E-state index contributed by atoms with van der Waals surface area (Å²) >= 11 is 0. The summed E-state index contributed by atoms with van der Waals surface area (Å²) in [5.41, 5.74) is -0.790. The van der Waals surface area contributed by atoms with Gasteiger partial charge in [0.05, 0.1) is 5.41 Å². The fraction of sp³-hybridized carbons (Fsp3) is 0.913. The van der Waals surface area contributed by atoms with E-state index < -0.39 is 5.60 Å².